The van der Waals surface area contributed by atoms with Crippen LogP contribution in [0.25, 0.3) is 11.0 Å². The molecule has 33 heavy (non-hydrogen) atoms. The van der Waals surface area contributed by atoms with E-state index in [4.69, 9.17) is 4.74 Å². The lowest BCUT2D eigenvalue weighted by Gasteiger charge is -2.23. The number of aryl methyl sites for hydroxylation is 2. The standard InChI is InChI=1S/C24H29N3O5S/c1-4-32-21-13-9-8-12-17(21)23(28)25-18-14-19-20(27(3)24(29)26(19)2)15-22(18)33(30,31)16-10-6-5-7-11-16/h8-9,12-16H,4-7,10-11H2,1-3H3,(H,25,28). The summed E-state index contributed by atoms with van der Waals surface area (Å²) in [7, 11) is -0.493. The summed E-state index contributed by atoms with van der Waals surface area (Å²) in [4.78, 5) is 25.7. The number of ether oxygens (including phenoxy) is 1. The molecule has 4 rings (SSSR count). The van der Waals surface area contributed by atoms with Gasteiger partial charge in [0.2, 0.25) is 0 Å². The highest BCUT2D eigenvalue weighted by Gasteiger charge is 2.32. The largest absolute Gasteiger partial charge is 0.493 e. The minimum atomic E-state index is -3.72. The van der Waals surface area contributed by atoms with E-state index in [1.165, 1.54) is 15.2 Å². The second-order valence-corrected chi connectivity index (χ2v) is 10.6. The number of amides is 1. The molecular formula is C24H29N3O5S. The van der Waals surface area contributed by atoms with E-state index in [9.17, 15) is 18.0 Å². The van der Waals surface area contributed by atoms with E-state index >= 15 is 0 Å². The Morgan fingerprint density at radius 1 is 1.06 bits per heavy atom. The van der Waals surface area contributed by atoms with Crippen molar-refractivity contribution in [3.8, 4) is 5.75 Å². The Balaban J connectivity index is 1.86. The van der Waals surface area contributed by atoms with Crippen LogP contribution in [0.5, 0.6) is 5.75 Å². The number of imidazole rings is 1. The van der Waals surface area contributed by atoms with E-state index in [0.717, 1.165) is 19.3 Å². The summed E-state index contributed by atoms with van der Waals surface area (Å²) in [6.45, 7) is 2.22. The van der Waals surface area contributed by atoms with Crippen LogP contribution in [0, 0.1) is 0 Å². The van der Waals surface area contributed by atoms with E-state index in [2.05, 4.69) is 5.32 Å². The lowest BCUT2D eigenvalue weighted by atomic mass is 10.0. The van der Waals surface area contributed by atoms with Crippen molar-refractivity contribution in [3.05, 3.63) is 52.4 Å². The van der Waals surface area contributed by atoms with Gasteiger partial charge in [0.05, 0.1) is 39.0 Å². The summed E-state index contributed by atoms with van der Waals surface area (Å²) >= 11 is 0. The molecule has 0 spiro atoms. The Labute approximate surface area is 193 Å². The molecule has 1 N–H and O–H groups in total. The fourth-order valence-electron chi connectivity index (χ4n) is 4.54. The molecule has 8 nitrogen and oxygen atoms in total. The highest BCUT2D eigenvalue weighted by molar-refractivity contribution is 7.92. The number of sulfone groups is 1. The first kappa shape index (κ1) is 23.1. The first-order valence-electron chi connectivity index (χ1n) is 11.2. The number of carbonyl (C=O) groups is 1. The van der Waals surface area contributed by atoms with Crippen LogP contribution in [0.1, 0.15) is 49.4 Å². The zero-order chi connectivity index (χ0) is 23.8. The summed E-state index contributed by atoms with van der Waals surface area (Å²) in [6, 6.07) is 9.92. The molecule has 1 fully saturated rings. The molecule has 3 aromatic rings. The molecule has 2 aromatic carbocycles. The van der Waals surface area contributed by atoms with Crippen LogP contribution >= 0.6 is 0 Å². The van der Waals surface area contributed by atoms with Gasteiger partial charge in [-0.3, -0.25) is 13.9 Å². The van der Waals surface area contributed by atoms with Crippen LogP contribution < -0.4 is 15.7 Å². The molecule has 1 aliphatic rings. The molecule has 0 atom stereocenters. The van der Waals surface area contributed by atoms with Gasteiger partial charge in [0.15, 0.2) is 9.84 Å². The van der Waals surface area contributed by atoms with Gasteiger partial charge in [-0.1, -0.05) is 31.4 Å². The predicted octanol–water partition coefficient (Wildman–Crippen LogP) is 3.63. The summed E-state index contributed by atoms with van der Waals surface area (Å²) < 4.78 is 35.8. The smallest absolute Gasteiger partial charge is 0.328 e. The van der Waals surface area contributed by atoms with E-state index < -0.39 is 21.0 Å². The number of rotatable bonds is 6. The van der Waals surface area contributed by atoms with Crippen molar-refractivity contribution in [1.29, 1.82) is 0 Å². The van der Waals surface area contributed by atoms with Gasteiger partial charge in [-0.25, -0.2) is 13.2 Å². The second kappa shape index (κ2) is 9.05. The minimum Gasteiger partial charge on any atom is -0.493 e. The number of carbonyl (C=O) groups excluding carboxylic acids is 1. The van der Waals surface area contributed by atoms with Crippen LogP contribution in [-0.2, 0) is 23.9 Å². The lowest BCUT2D eigenvalue weighted by Crippen LogP contribution is -2.26. The number of para-hydroxylation sites is 1. The third-order valence-electron chi connectivity index (χ3n) is 6.35. The van der Waals surface area contributed by atoms with Gasteiger partial charge in [-0.2, -0.15) is 0 Å². The maximum absolute atomic E-state index is 13.7. The van der Waals surface area contributed by atoms with Gasteiger partial charge >= 0.3 is 5.69 Å². The zero-order valence-corrected chi connectivity index (χ0v) is 19.9. The van der Waals surface area contributed by atoms with Gasteiger partial charge in [0.1, 0.15) is 5.75 Å². The second-order valence-electron chi connectivity index (χ2n) is 8.43. The molecule has 0 aliphatic heterocycles. The molecule has 0 saturated heterocycles. The highest BCUT2D eigenvalue weighted by atomic mass is 32.2. The van der Waals surface area contributed by atoms with Crippen molar-refractivity contribution in [2.75, 3.05) is 11.9 Å². The molecule has 1 aliphatic carbocycles. The van der Waals surface area contributed by atoms with E-state index in [1.54, 1.807) is 44.4 Å². The maximum Gasteiger partial charge on any atom is 0.328 e. The van der Waals surface area contributed by atoms with Crippen LogP contribution in [0.2, 0.25) is 0 Å². The van der Waals surface area contributed by atoms with Crippen LogP contribution in [0.4, 0.5) is 5.69 Å². The average Bonchev–Trinajstić information content (AvgIpc) is 3.03. The van der Waals surface area contributed by atoms with Gasteiger partial charge in [0, 0.05) is 14.1 Å². The number of hydrogen-bond donors (Lipinski definition) is 1. The maximum atomic E-state index is 13.7. The molecule has 1 heterocycles. The van der Waals surface area contributed by atoms with Crippen LogP contribution in [0.15, 0.2) is 46.1 Å². The average molecular weight is 472 g/mol. The first-order valence-corrected chi connectivity index (χ1v) is 12.8. The Kier molecular flexibility index (Phi) is 6.34. The SMILES string of the molecule is CCOc1ccccc1C(=O)Nc1cc2c(cc1S(=O)(=O)C1CCCCC1)n(C)c(=O)n2C. The molecule has 0 unspecified atom stereocenters. The molecule has 1 saturated carbocycles. The van der Waals surface area contributed by atoms with Gasteiger partial charge in [-0.15, -0.1) is 0 Å². The van der Waals surface area contributed by atoms with Crippen molar-refractivity contribution >= 4 is 32.5 Å². The van der Waals surface area contributed by atoms with Gasteiger partial charge < -0.3 is 10.1 Å². The predicted molar refractivity (Wildman–Crippen MR) is 128 cm³/mol. The number of nitrogens with zero attached hydrogens (tertiary/aromatic N) is 2. The molecular weight excluding hydrogens is 442 g/mol. The fraction of sp³-hybridized carbons (Fsp3) is 0.417. The Bertz CT molecular complexity index is 1360. The summed E-state index contributed by atoms with van der Waals surface area (Å²) in [5.41, 5.74) is 1.26. The molecule has 176 valence electrons. The number of aromatic nitrogens is 2. The fourth-order valence-corrected chi connectivity index (χ4v) is 6.54. The molecule has 1 aromatic heterocycles. The van der Waals surface area contributed by atoms with Gasteiger partial charge in [-0.05, 0) is 44.0 Å². The van der Waals surface area contributed by atoms with Crippen molar-refractivity contribution in [3.63, 3.8) is 0 Å². The zero-order valence-electron chi connectivity index (χ0n) is 19.1. The number of fused-ring (bicyclic) bond motifs is 1. The quantitative estimate of drug-likeness (QED) is 0.592. The minimum absolute atomic E-state index is 0.0466. The number of nitrogens with one attached hydrogen (secondary N) is 1. The Morgan fingerprint density at radius 2 is 1.70 bits per heavy atom. The van der Waals surface area contributed by atoms with Crippen molar-refractivity contribution in [1.82, 2.24) is 9.13 Å². The normalized spacial score (nSPS) is 15.0. The van der Waals surface area contributed by atoms with E-state index in [0.29, 0.717) is 41.8 Å². The van der Waals surface area contributed by atoms with Crippen molar-refractivity contribution < 1.29 is 17.9 Å². The molecule has 0 radical (unpaired) electrons. The molecule has 0 bridgehead atoms. The Hall–Kier alpha value is -3.07. The van der Waals surface area contributed by atoms with Crippen molar-refractivity contribution in [2.45, 2.75) is 49.2 Å². The van der Waals surface area contributed by atoms with Crippen molar-refractivity contribution in [2.24, 2.45) is 14.1 Å². The van der Waals surface area contributed by atoms with Crippen LogP contribution in [0.3, 0.4) is 0 Å². The topological polar surface area (TPSA) is 99.4 Å². The third kappa shape index (κ3) is 4.17. The highest BCUT2D eigenvalue weighted by Crippen LogP contribution is 2.35. The van der Waals surface area contributed by atoms with E-state index in [-0.39, 0.29) is 16.3 Å². The molecule has 1 amide bonds. The van der Waals surface area contributed by atoms with Crippen LogP contribution in [-0.4, -0.2) is 35.3 Å². The van der Waals surface area contributed by atoms with Gasteiger partial charge in [0.25, 0.3) is 5.91 Å². The number of hydrogen-bond acceptors (Lipinski definition) is 5. The third-order valence-corrected chi connectivity index (χ3v) is 8.65. The lowest BCUT2D eigenvalue weighted by molar-refractivity contribution is 0.102. The first-order chi connectivity index (χ1) is 15.8. The van der Waals surface area contributed by atoms with E-state index in [1.807, 2.05) is 6.92 Å². The number of benzene rings is 2. The molecule has 9 heteroatoms. The number of anilines is 1. The summed E-state index contributed by atoms with van der Waals surface area (Å²) in [6.07, 6.45) is 3.93. The summed E-state index contributed by atoms with van der Waals surface area (Å²) in [5, 5.41) is 2.29. The summed E-state index contributed by atoms with van der Waals surface area (Å²) in [5.74, 6) is -0.0539. The monoisotopic (exact) mass is 471 g/mol. The Morgan fingerprint density at radius 3 is 2.36 bits per heavy atom.